The van der Waals surface area contributed by atoms with Gasteiger partial charge in [-0.25, -0.2) is 4.79 Å². The Balaban J connectivity index is 1.73. The van der Waals surface area contributed by atoms with Gasteiger partial charge in [-0.1, -0.05) is 42.5 Å². The number of rotatable bonds is 5. The van der Waals surface area contributed by atoms with Crippen molar-refractivity contribution in [2.75, 3.05) is 11.9 Å². The zero-order valence-corrected chi connectivity index (χ0v) is 15.3. The average molecular weight is 381 g/mol. The number of carbonyl (C=O) groups is 2. The standard InChI is InChI=1S/C23H15N3O3/c24-13-16-6-5-8-18(12-16)26-22(27)15-29-23(28)21-11-4-3-10-20(21)19-9-2-1-7-17(19)14-25/h1-12H,15H2,(H,26,27). The van der Waals surface area contributed by atoms with Gasteiger partial charge in [-0.2, -0.15) is 10.5 Å². The van der Waals surface area contributed by atoms with Crippen LogP contribution in [-0.2, 0) is 9.53 Å². The Hall–Kier alpha value is -4.42. The SMILES string of the molecule is N#Cc1cccc(NC(=O)COC(=O)c2ccccc2-c2ccccc2C#N)c1. The molecular weight excluding hydrogens is 366 g/mol. The van der Waals surface area contributed by atoms with Gasteiger partial charge in [0.05, 0.1) is 28.8 Å². The second-order valence-corrected chi connectivity index (χ2v) is 6.02. The maximum atomic E-state index is 12.6. The van der Waals surface area contributed by atoms with Gasteiger partial charge in [0.25, 0.3) is 5.91 Å². The van der Waals surface area contributed by atoms with Crippen LogP contribution in [-0.4, -0.2) is 18.5 Å². The van der Waals surface area contributed by atoms with Crippen LogP contribution in [0.5, 0.6) is 0 Å². The van der Waals surface area contributed by atoms with Crippen molar-refractivity contribution in [1.29, 1.82) is 10.5 Å². The third-order valence-electron chi connectivity index (χ3n) is 4.09. The molecular formula is C23H15N3O3. The Morgan fingerprint density at radius 2 is 1.59 bits per heavy atom. The van der Waals surface area contributed by atoms with Gasteiger partial charge in [-0.05, 0) is 35.9 Å². The fraction of sp³-hybridized carbons (Fsp3) is 0.0435. The minimum atomic E-state index is -0.672. The summed E-state index contributed by atoms with van der Waals surface area (Å²) >= 11 is 0. The predicted octanol–water partition coefficient (Wildman–Crippen LogP) is 3.89. The molecule has 0 atom stereocenters. The average Bonchev–Trinajstić information content (AvgIpc) is 2.77. The monoisotopic (exact) mass is 381 g/mol. The van der Waals surface area contributed by atoms with E-state index in [0.29, 0.717) is 27.9 Å². The summed E-state index contributed by atoms with van der Waals surface area (Å²) in [7, 11) is 0. The summed E-state index contributed by atoms with van der Waals surface area (Å²) < 4.78 is 5.16. The lowest BCUT2D eigenvalue weighted by Crippen LogP contribution is -2.21. The molecule has 6 heteroatoms. The highest BCUT2D eigenvalue weighted by molar-refractivity contribution is 6.00. The molecule has 0 aliphatic carbocycles. The van der Waals surface area contributed by atoms with Gasteiger partial charge in [0, 0.05) is 11.3 Å². The molecule has 0 aliphatic rings. The maximum Gasteiger partial charge on any atom is 0.339 e. The normalized spacial score (nSPS) is 9.72. The Morgan fingerprint density at radius 1 is 0.862 bits per heavy atom. The van der Waals surface area contributed by atoms with Crippen LogP contribution in [0.25, 0.3) is 11.1 Å². The molecule has 0 radical (unpaired) electrons. The van der Waals surface area contributed by atoms with E-state index in [1.807, 2.05) is 6.07 Å². The Labute approximate surface area is 167 Å². The van der Waals surface area contributed by atoms with Crippen LogP contribution in [0.2, 0.25) is 0 Å². The molecule has 3 rings (SSSR count). The van der Waals surface area contributed by atoms with E-state index in [1.54, 1.807) is 66.7 Å². The molecule has 1 N–H and O–H groups in total. The molecule has 0 heterocycles. The van der Waals surface area contributed by atoms with Gasteiger partial charge in [0.1, 0.15) is 0 Å². The molecule has 0 aliphatic heterocycles. The molecule has 140 valence electrons. The van der Waals surface area contributed by atoms with Crippen LogP contribution in [0, 0.1) is 22.7 Å². The van der Waals surface area contributed by atoms with Crippen molar-refractivity contribution in [1.82, 2.24) is 0 Å². The van der Waals surface area contributed by atoms with Crippen molar-refractivity contribution in [2.45, 2.75) is 0 Å². The number of nitrogens with zero attached hydrogens (tertiary/aromatic N) is 2. The van der Waals surface area contributed by atoms with Crippen LogP contribution >= 0.6 is 0 Å². The van der Waals surface area contributed by atoms with Crippen molar-refractivity contribution in [3.8, 4) is 23.3 Å². The summed E-state index contributed by atoms with van der Waals surface area (Å²) in [4.78, 5) is 24.7. The van der Waals surface area contributed by atoms with Gasteiger partial charge in [0.2, 0.25) is 0 Å². The zero-order chi connectivity index (χ0) is 20.6. The second-order valence-electron chi connectivity index (χ2n) is 6.02. The smallest absolute Gasteiger partial charge is 0.339 e. The summed E-state index contributed by atoms with van der Waals surface area (Å²) in [6.07, 6.45) is 0. The van der Waals surface area contributed by atoms with Crippen LogP contribution in [0.1, 0.15) is 21.5 Å². The second kappa shape index (κ2) is 8.98. The highest BCUT2D eigenvalue weighted by Crippen LogP contribution is 2.27. The lowest BCUT2D eigenvalue weighted by atomic mass is 9.96. The first-order valence-electron chi connectivity index (χ1n) is 8.68. The summed E-state index contributed by atoms with van der Waals surface area (Å²) in [5, 5.41) is 20.8. The highest BCUT2D eigenvalue weighted by Gasteiger charge is 2.17. The van der Waals surface area contributed by atoms with Crippen molar-refractivity contribution >= 4 is 17.6 Å². The lowest BCUT2D eigenvalue weighted by molar-refractivity contribution is -0.119. The van der Waals surface area contributed by atoms with Crippen LogP contribution < -0.4 is 5.32 Å². The van der Waals surface area contributed by atoms with Gasteiger partial charge in [-0.3, -0.25) is 4.79 Å². The Morgan fingerprint density at radius 3 is 2.34 bits per heavy atom. The molecule has 0 spiro atoms. The van der Waals surface area contributed by atoms with Crippen LogP contribution in [0.15, 0.2) is 72.8 Å². The third kappa shape index (κ3) is 4.65. The number of carbonyl (C=O) groups excluding carboxylic acids is 2. The number of hydrogen-bond acceptors (Lipinski definition) is 5. The first kappa shape index (κ1) is 19.3. The number of ether oxygens (including phenoxy) is 1. The largest absolute Gasteiger partial charge is 0.452 e. The van der Waals surface area contributed by atoms with E-state index >= 15 is 0 Å². The highest BCUT2D eigenvalue weighted by atomic mass is 16.5. The van der Waals surface area contributed by atoms with Gasteiger partial charge in [-0.15, -0.1) is 0 Å². The molecule has 0 unspecified atom stereocenters. The van der Waals surface area contributed by atoms with Crippen molar-refractivity contribution in [3.63, 3.8) is 0 Å². The molecule has 3 aromatic carbocycles. The fourth-order valence-electron chi connectivity index (χ4n) is 2.78. The quantitative estimate of drug-likeness (QED) is 0.675. The van der Waals surface area contributed by atoms with Crippen molar-refractivity contribution < 1.29 is 14.3 Å². The molecule has 29 heavy (non-hydrogen) atoms. The van der Waals surface area contributed by atoms with Gasteiger partial charge >= 0.3 is 5.97 Å². The van der Waals surface area contributed by atoms with E-state index in [0.717, 1.165) is 0 Å². The first-order chi connectivity index (χ1) is 14.1. The molecule has 0 saturated carbocycles. The number of amides is 1. The van der Waals surface area contributed by atoms with Crippen molar-refractivity contribution in [2.24, 2.45) is 0 Å². The minimum absolute atomic E-state index is 0.259. The lowest BCUT2D eigenvalue weighted by Gasteiger charge is -2.11. The van der Waals surface area contributed by atoms with Gasteiger partial charge in [0.15, 0.2) is 6.61 Å². The summed E-state index contributed by atoms with van der Waals surface area (Å²) in [6.45, 7) is -0.482. The molecule has 0 fully saturated rings. The Bertz CT molecular complexity index is 1160. The maximum absolute atomic E-state index is 12.6. The number of anilines is 1. The molecule has 3 aromatic rings. The number of nitriles is 2. The van der Waals surface area contributed by atoms with Crippen LogP contribution in [0.4, 0.5) is 5.69 Å². The van der Waals surface area contributed by atoms with E-state index in [2.05, 4.69) is 11.4 Å². The van der Waals surface area contributed by atoms with Crippen LogP contribution in [0.3, 0.4) is 0 Å². The summed E-state index contributed by atoms with van der Waals surface area (Å²) in [5.41, 5.74) is 2.70. The molecule has 1 amide bonds. The minimum Gasteiger partial charge on any atom is -0.452 e. The molecule has 0 bridgehead atoms. The zero-order valence-electron chi connectivity index (χ0n) is 15.3. The number of hydrogen-bond donors (Lipinski definition) is 1. The fourth-order valence-corrected chi connectivity index (χ4v) is 2.78. The van der Waals surface area contributed by atoms with E-state index in [4.69, 9.17) is 10.00 Å². The van der Waals surface area contributed by atoms with E-state index in [-0.39, 0.29) is 5.56 Å². The molecule has 0 saturated heterocycles. The van der Waals surface area contributed by atoms with Crippen molar-refractivity contribution in [3.05, 3.63) is 89.5 Å². The third-order valence-corrected chi connectivity index (χ3v) is 4.09. The Kier molecular flexibility index (Phi) is 5.99. The molecule has 0 aromatic heterocycles. The summed E-state index contributed by atoms with van der Waals surface area (Å²) in [6, 6.07) is 24.2. The van der Waals surface area contributed by atoms with E-state index < -0.39 is 18.5 Å². The van der Waals surface area contributed by atoms with E-state index in [9.17, 15) is 14.9 Å². The molecule has 6 nitrogen and oxygen atoms in total. The first-order valence-corrected chi connectivity index (χ1v) is 8.68. The number of nitrogens with one attached hydrogen (secondary N) is 1. The topological polar surface area (TPSA) is 103 Å². The van der Waals surface area contributed by atoms with E-state index in [1.165, 1.54) is 6.07 Å². The predicted molar refractivity (Wildman–Crippen MR) is 107 cm³/mol. The number of benzene rings is 3. The van der Waals surface area contributed by atoms with Gasteiger partial charge < -0.3 is 10.1 Å². The summed E-state index contributed by atoms with van der Waals surface area (Å²) in [5.74, 6) is -1.20. The number of esters is 1.